The maximum atomic E-state index is 13.1. The molecule has 0 aliphatic heterocycles. The van der Waals surface area contributed by atoms with E-state index in [2.05, 4.69) is 9.71 Å². The predicted molar refractivity (Wildman–Crippen MR) is 76.0 cm³/mol. The minimum absolute atomic E-state index is 0.0316. The molecule has 21 heavy (non-hydrogen) atoms. The molecule has 0 amide bonds. The van der Waals surface area contributed by atoms with Crippen LogP contribution in [0, 0.1) is 12.7 Å². The molecular weight excluding hydrogens is 295 g/mol. The third kappa shape index (κ3) is 2.59. The van der Waals surface area contributed by atoms with Crippen LogP contribution in [-0.2, 0) is 10.0 Å². The molecule has 1 aromatic heterocycles. The summed E-state index contributed by atoms with van der Waals surface area (Å²) < 4.78 is 45.3. The van der Waals surface area contributed by atoms with Crippen molar-refractivity contribution in [3.05, 3.63) is 54.2 Å². The van der Waals surface area contributed by atoms with Crippen LogP contribution in [-0.4, -0.2) is 13.4 Å². The van der Waals surface area contributed by atoms with Crippen LogP contribution >= 0.6 is 0 Å². The Morgan fingerprint density at radius 2 is 2.00 bits per heavy atom. The highest BCUT2D eigenvalue weighted by molar-refractivity contribution is 7.92. The number of nitrogens with zero attached hydrogens (tertiary/aromatic N) is 1. The number of benzene rings is 2. The van der Waals surface area contributed by atoms with Gasteiger partial charge in [-0.3, -0.25) is 4.72 Å². The van der Waals surface area contributed by atoms with Gasteiger partial charge in [-0.2, -0.15) is 0 Å². The summed E-state index contributed by atoms with van der Waals surface area (Å²) in [7, 11) is -3.79. The van der Waals surface area contributed by atoms with Gasteiger partial charge in [-0.25, -0.2) is 17.8 Å². The van der Waals surface area contributed by atoms with Gasteiger partial charge >= 0.3 is 0 Å². The Morgan fingerprint density at radius 3 is 2.76 bits per heavy atom. The summed E-state index contributed by atoms with van der Waals surface area (Å²) in [6, 6.07) is 8.29. The molecule has 3 rings (SSSR count). The number of oxazole rings is 1. The summed E-state index contributed by atoms with van der Waals surface area (Å²) in [5.41, 5.74) is 1.81. The van der Waals surface area contributed by atoms with Crippen LogP contribution in [0.25, 0.3) is 11.1 Å². The minimum Gasteiger partial charge on any atom is -0.443 e. The van der Waals surface area contributed by atoms with E-state index in [0.717, 1.165) is 6.07 Å². The average Bonchev–Trinajstić information content (AvgIpc) is 2.85. The van der Waals surface area contributed by atoms with Gasteiger partial charge in [0.25, 0.3) is 10.0 Å². The third-order valence-electron chi connectivity index (χ3n) is 3.01. The molecule has 0 radical (unpaired) electrons. The first-order valence-corrected chi connectivity index (χ1v) is 7.56. The average molecular weight is 306 g/mol. The molecule has 0 fully saturated rings. The van der Waals surface area contributed by atoms with Gasteiger partial charge in [-0.15, -0.1) is 0 Å². The lowest BCUT2D eigenvalue weighted by Crippen LogP contribution is -2.14. The standard InChI is InChI=1S/C14H11FN2O3S/c1-9-6-10(15)2-5-14(9)21(18,19)17-11-3-4-13-12(7-11)16-8-20-13/h2-8,17H,1H3. The largest absolute Gasteiger partial charge is 0.443 e. The Balaban J connectivity index is 1.98. The van der Waals surface area contributed by atoms with Crippen molar-refractivity contribution in [2.24, 2.45) is 0 Å². The molecule has 0 spiro atoms. The molecule has 7 heteroatoms. The topological polar surface area (TPSA) is 72.2 Å². The van der Waals surface area contributed by atoms with E-state index in [-0.39, 0.29) is 4.90 Å². The van der Waals surface area contributed by atoms with E-state index in [1.165, 1.54) is 18.5 Å². The lowest BCUT2D eigenvalue weighted by atomic mass is 10.2. The van der Waals surface area contributed by atoms with Gasteiger partial charge in [0.1, 0.15) is 11.3 Å². The molecule has 0 aliphatic rings. The Morgan fingerprint density at radius 1 is 1.19 bits per heavy atom. The van der Waals surface area contributed by atoms with Crippen LogP contribution in [0.4, 0.5) is 10.1 Å². The van der Waals surface area contributed by atoms with Crippen molar-refractivity contribution in [3.63, 3.8) is 0 Å². The summed E-state index contributed by atoms with van der Waals surface area (Å²) in [6.07, 6.45) is 1.28. The number of aromatic nitrogens is 1. The van der Waals surface area contributed by atoms with Crippen LogP contribution in [0.2, 0.25) is 0 Å². The molecule has 0 bridgehead atoms. The zero-order valence-electron chi connectivity index (χ0n) is 11.0. The quantitative estimate of drug-likeness (QED) is 0.807. The molecule has 1 heterocycles. The highest BCUT2D eigenvalue weighted by Gasteiger charge is 2.17. The maximum Gasteiger partial charge on any atom is 0.262 e. The third-order valence-corrected chi connectivity index (χ3v) is 4.55. The summed E-state index contributed by atoms with van der Waals surface area (Å²) in [5.74, 6) is -0.476. The molecule has 1 N–H and O–H groups in total. The number of rotatable bonds is 3. The van der Waals surface area contributed by atoms with E-state index in [0.29, 0.717) is 22.4 Å². The fourth-order valence-corrected chi connectivity index (χ4v) is 3.32. The number of halogens is 1. The van der Waals surface area contributed by atoms with Crippen molar-refractivity contribution < 1.29 is 17.2 Å². The molecular formula is C14H11FN2O3S. The fraction of sp³-hybridized carbons (Fsp3) is 0.0714. The number of nitrogens with one attached hydrogen (secondary N) is 1. The first-order chi connectivity index (χ1) is 9.95. The van der Waals surface area contributed by atoms with E-state index in [4.69, 9.17) is 4.42 Å². The van der Waals surface area contributed by atoms with Crippen LogP contribution in [0.5, 0.6) is 0 Å². The zero-order valence-corrected chi connectivity index (χ0v) is 11.8. The number of hydrogen-bond acceptors (Lipinski definition) is 4. The fourth-order valence-electron chi connectivity index (χ4n) is 2.05. The van der Waals surface area contributed by atoms with E-state index in [1.807, 2.05) is 0 Å². The Hall–Kier alpha value is -2.41. The number of aryl methyl sites for hydroxylation is 1. The second-order valence-electron chi connectivity index (χ2n) is 4.55. The number of anilines is 1. The molecule has 108 valence electrons. The molecule has 5 nitrogen and oxygen atoms in total. The van der Waals surface area contributed by atoms with Gasteiger partial charge in [-0.1, -0.05) is 0 Å². The zero-order chi connectivity index (χ0) is 15.0. The van der Waals surface area contributed by atoms with Crippen molar-refractivity contribution in [1.82, 2.24) is 4.98 Å². The smallest absolute Gasteiger partial charge is 0.262 e. The molecule has 0 saturated heterocycles. The SMILES string of the molecule is Cc1cc(F)ccc1S(=O)(=O)Nc1ccc2ocnc2c1. The van der Waals surface area contributed by atoms with Gasteiger partial charge in [0, 0.05) is 0 Å². The summed E-state index contributed by atoms with van der Waals surface area (Å²) in [6.45, 7) is 1.54. The van der Waals surface area contributed by atoms with Crippen molar-refractivity contribution in [2.45, 2.75) is 11.8 Å². The van der Waals surface area contributed by atoms with Gasteiger partial charge in [0.2, 0.25) is 0 Å². The lowest BCUT2D eigenvalue weighted by molar-refractivity contribution is 0.598. The maximum absolute atomic E-state index is 13.1. The monoisotopic (exact) mass is 306 g/mol. The predicted octanol–water partition coefficient (Wildman–Crippen LogP) is 3.08. The van der Waals surface area contributed by atoms with Gasteiger partial charge in [-0.05, 0) is 48.9 Å². The van der Waals surface area contributed by atoms with Crippen molar-refractivity contribution in [3.8, 4) is 0 Å². The molecule has 3 aromatic rings. The van der Waals surface area contributed by atoms with Gasteiger partial charge in [0.15, 0.2) is 12.0 Å². The van der Waals surface area contributed by atoms with Crippen LogP contribution in [0.1, 0.15) is 5.56 Å². The highest BCUT2D eigenvalue weighted by atomic mass is 32.2. The van der Waals surface area contributed by atoms with E-state index < -0.39 is 15.8 Å². The first-order valence-electron chi connectivity index (χ1n) is 6.08. The Bertz CT molecular complexity index is 919. The highest BCUT2D eigenvalue weighted by Crippen LogP contribution is 2.22. The van der Waals surface area contributed by atoms with Crippen molar-refractivity contribution in [2.75, 3.05) is 4.72 Å². The summed E-state index contributed by atoms with van der Waals surface area (Å²) >= 11 is 0. The second-order valence-corrected chi connectivity index (χ2v) is 6.20. The number of fused-ring (bicyclic) bond motifs is 1. The molecule has 0 unspecified atom stereocenters. The minimum atomic E-state index is -3.79. The molecule has 0 saturated carbocycles. The van der Waals surface area contributed by atoms with E-state index in [9.17, 15) is 12.8 Å². The van der Waals surface area contributed by atoms with Crippen LogP contribution in [0.15, 0.2) is 52.1 Å². The van der Waals surface area contributed by atoms with E-state index >= 15 is 0 Å². The van der Waals surface area contributed by atoms with Gasteiger partial charge in [0.05, 0.1) is 10.6 Å². The molecule has 2 aromatic carbocycles. The van der Waals surface area contributed by atoms with Gasteiger partial charge < -0.3 is 4.42 Å². The second kappa shape index (κ2) is 4.85. The van der Waals surface area contributed by atoms with Crippen molar-refractivity contribution >= 4 is 26.8 Å². The number of hydrogen-bond donors (Lipinski definition) is 1. The Labute approximate surface area is 120 Å². The number of sulfonamides is 1. The summed E-state index contributed by atoms with van der Waals surface area (Å²) in [5, 5.41) is 0. The summed E-state index contributed by atoms with van der Waals surface area (Å²) in [4.78, 5) is 3.99. The molecule has 0 aliphatic carbocycles. The first kappa shape index (κ1) is 13.6. The van der Waals surface area contributed by atoms with Crippen LogP contribution < -0.4 is 4.72 Å². The van der Waals surface area contributed by atoms with E-state index in [1.54, 1.807) is 25.1 Å². The van der Waals surface area contributed by atoms with Crippen molar-refractivity contribution in [1.29, 1.82) is 0 Å². The van der Waals surface area contributed by atoms with Crippen LogP contribution in [0.3, 0.4) is 0 Å². The lowest BCUT2D eigenvalue weighted by Gasteiger charge is -2.10. The normalized spacial score (nSPS) is 11.7. The molecule has 0 atom stereocenters. The Kier molecular flexibility index (Phi) is 3.13.